The number of rotatable bonds is 8. The highest BCUT2D eigenvalue weighted by atomic mass is 16.3. The summed E-state index contributed by atoms with van der Waals surface area (Å²) in [6, 6.07) is 4.20. The van der Waals surface area contributed by atoms with Crippen molar-refractivity contribution in [3.63, 3.8) is 0 Å². The van der Waals surface area contributed by atoms with Gasteiger partial charge in [0.1, 0.15) is 5.78 Å². The molecule has 39 heavy (non-hydrogen) atoms. The molecular weight excluding hydrogens is 480 g/mol. The van der Waals surface area contributed by atoms with Crippen molar-refractivity contribution in [2.45, 2.75) is 83.0 Å². The third-order valence-electron chi connectivity index (χ3n) is 8.36. The third-order valence-corrected chi connectivity index (χ3v) is 8.36. The van der Waals surface area contributed by atoms with Crippen LogP contribution in [-0.2, 0) is 4.79 Å². The molecule has 1 fully saturated rings. The summed E-state index contributed by atoms with van der Waals surface area (Å²) in [5, 5.41) is 12.4. The van der Waals surface area contributed by atoms with E-state index in [1.165, 1.54) is 5.57 Å². The molecule has 0 amide bonds. The zero-order chi connectivity index (χ0) is 26.9. The van der Waals surface area contributed by atoms with E-state index in [0.717, 1.165) is 91.9 Å². The number of hydrogen-bond donors (Lipinski definition) is 1. The van der Waals surface area contributed by atoms with Crippen LogP contribution < -0.4 is 0 Å². The number of aromatic nitrogens is 2. The Morgan fingerprint density at radius 3 is 2.90 bits per heavy atom. The summed E-state index contributed by atoms with van der Waals surface area (Å²) < 4.78 is 0. The molecule has 2 heterocycles. The van der Waals surface area contributed by atoms with Gasteiger partial charge in [-0.3, -0.25) is 14.8 Å². The zero-order valence-electron chi connectivity index (χ0n) is 22.9. The third kappa shape index (κ3) is 7.32. The van der Waals surface area contributed by atoms with Gasteiger partial charge < -0.3 is 5.11 Å². The molecule has 0 saturated heterocycles. The minimum Gasteiger partial charge on any atom is -0.512 e. The fraction of sp³-hybridized carbons (Fsp3) is 0.400. The van der Waals surface area contributed by atoms with Crippen LogP contribution in [0.2, 0.25) is 0 Å². The molecule has 0 bridgehead atoms. The standard InChI is InChI=1S/C35H40N2O2/c38-33-17-8-7-12-27(33)15-9-16-31-24-30-22-23-36-35(32(30)25-37-31)29-14-6-5-13-28(19-20-29)34(39)21-18-26-10-3-1-2-4-11-26/h1-3,7,9-12,16,22-25,28-29,38H,4-6,8,13-15,17-21H2/b16-9+/t28-,29?/m0/s1. The average molecular weight is 521 g/mol. The zero-order valence-corrected chi connectivity index (χ0v) is 22.9. The van der Waals surface area contributed by atoms with Crippen molar-refractivity contribution in [2.75, 3.05) is 0 Å². The van der Waals surface area contributed by atoms with Gasteiger partial charge in [-0.1, -0.05) is 67.0 Å². The van der Waals surface area contributed by atoms with E-state index in [0.29, 0.717) is 30.3 Å². The molecule has 0 aliphatic heterocycles. The molecule has 1 saturated carbocycles. The highest BCUT2D eigenvalue weighted by molar-refractivity contribution is 5.85. The maximum absolute atomic E-state index is 13.2. The second kappa shape index (κ2) is 13.5. The molecule has 5 rings (SSSR count). The van der Waals surface area contributed by atoms with Gasteiger partial charge >= 0.3 is 0 Å². The molecule has 202 valence electrons. The minimum absolute atomic E-state index is 0.166. The van der Waals surface area contributed by atoms with E-state index in [1.807, 2.05) is 24.5 Å². The number of carbonyl (C=O) groups excluding carboxylic acids is 1. The summed E-state index contributed by atoms with van der Waals surface area (Å²) in [5.41, 5.74) is 4.31. The number of aliphatic hydroxyl groups is 1. The first-order valence-corrected chi connectivity index (χ1v) is 14.7. The molecule has 2 aromatic rings. The Morgan fingerprint density at radius 2 is 1.97 bits per heavy atom. The number of allylic oxidation sites excluding steroid dienone is 11. The Balaban J connectivity index is 1.23. The van der Waals surface area contributed by atoms with E-state index in [1.54, 1.807) is 0 Å². The summed E-state index contributed by atoms with van der Waals surface area (Å²) in [7, 11) is 0. The van der Waals surface area contributed by atoms with Crippen molar-refractivity contribution in [1.29, 1.82) is 0 Å². The molecule has 3 aliphatic carbocycles. The summed E-state index contributed by atoms with van der Waals surface area (Å²) in [6.45, 7) is 0. The average Bonchev–Trinajstić information content (AvgIpc) is 3.22. The highest BCUT2D eigenvalue weighted by Gasteiger charge is 2.25. The molecule has 1 N–H and O–H groups in total. The maximum atomic E-state index is 13.2. The van der Waals surface area contributed by atoms with Gasteiger partial charge in [0.15, 0.2) is 0 Å². The van der Waals surface area contributed by atoms with E-state index >= 15 is 0 Å². The minimum atomic E-state index is 0.166. The van der Waals surface area contributed by atoms with E-state index in [9.17, 15) is 9.90 Å². The van der Waals surface area contributed by atoms with Crippen molar-refractivity contribution in [1.82, 2.24) is 9.97 Å². The van der Waals surface area contributed by atoms with Crippen LogP contribution >= 0.6 is 0 Å². The van der Waals surface area contributed by atoms with E-state index < -0.39 is 0 Å². The summed E-state index contributed by atoms with van der Waals surface area (Å²) in [5.74, 6) is 1.46. The van der Waals surface area contributed by atoms with E-state index in [4.69, 9.17) is 9.97 Å². The smallest absolute Gasteiger partial charge is 0.136 e. The topological polar surface area (TPSA) is 63.1 Å². The maximum Gasteiger partial charge on any atom is 0.136 e. The predicted molar refractivity (Wildman–Crippen MR) is 160 cm³/mol. The van der Waals surface area contributed by atoms with Crippen LogP contribution in [0.4, 0.5) is 0 Å². The molecule has 2 aromatic heterocycles. The number of hydrogen-bond acceptors (Lipinski definition) is 4. The number of Topliss-reactive ketones (excluding diaryl/α,β-unsaturated/α-hetero) is 1. The van der Waals surface area contributed by atoms with Crippen LogP contribution in [0.3, 0.4) is 0 Å². The first kappa shape index (κ1) is 27.1. The van der Waals surface area contributed by atoms with Crippen LogP contribution in [0, 0.1) is 5.92 Å². The van der Waals surface area contributed by atoms with Gasteiger partial charge in [0, 0.05) is 42.5 Å². The van der Waals surface area contributed by atoms with Gasteiger partial charge in [-0.2, -0.15) is 0 Å². The van der Waals surface area contributed by atoms with Crippen molar-refractivity contribution in [3.8, 4) is 0 Å². The van der Waals surface area contributed by atoms with Gasteiger partial charge in [0.05, 0.1) is 17.1 Å². The van der Waals surface area contributed by atoms with Crippen molar-refractivity contribution in [3.05, 3.63) is 101 Å². The molecule has 3 aliphatic rings. The Kier molecular flexibility index (Phi) is 9.37. The van der Waals surface area contributed by atoms with E-state index in [-0.39, 0.29) is 5.92 Å². The van der Waals surface area contributed by atoms with Gasteiger partial charge in [-0.15, -0.1) is 0 Å². The monoisotopic (exact) mass is 520 g/mol. The SMILES string of the molecule is O=C(CCC1=CCC=CC=C1)[C@H]1CCCCC(c2nccc3cc(/C=C/CC4=C(O)CCC=C4)ncc23)CC1. The number of fused-ring (bicyclic) bond motifs is 1. The number of nitrogens with zero attached hydrogens (tertiary/aromatic N) is 2. The second-order valence-electron chi connectivity index (χ2n) is 11.1. The quantitative estimate of drug-likeness (QED) is 0.377. The first-order chi connectivity index (χ1) is 19.2. The van der Waals surface area contributed by atoms with Crippen LogP contribution in [0.15, 0.2) is 90.0 Å². The lowest BCUT2D eigenvalue weighted by molar-refractivity contribution is -0.123. The lowest BCUT2D eigenvalue weighted by Gasteiger charge is -2.25. The summed E-state index contributed by atoms with van der Waals surface area (Å²) in [6.07, 6.45) is 33.9. The van der Waals surface area contributed by atoms with Crippen molar-refractivity contribution < 1.29 is 9.90 Å². The predicted octanol–water partition coefficient (Wildman–Crippen LogP) is 9.04. The normalized spacial score (nSPS) is 22.1. The van der Waals surface area contributed by atoms with Crippen molar-refractivity contribution in [2.24, 2.45) is 5.92 Å². The first-order valence-electron chi connectivity index (χ1n) is 14.7. The van der Waals surface area contributed by atoms with Gasteiger partial charge in [0.25, 0.3) is 0 Å². The van der Waals surface area contributed by atoms with Gasteiger partial charge in [-0.05, 0) is 80.5 Å². The molecule has 2 atom stereocenters. The van der Waals surface area contributed by atoms with Gasteiger partial charge in [0.2, 0.25) is 0 Å². The summed E-state index contributed by atoms with van der Waals surface area (Å²) in [4.78, 5) is 22.7. The van der Waals surface area contributed by atoms with Crippen molar-refractivity contribution >= 4 is 22.6 Å². The number of carbonyl (C=O) groups is 1. The molecule has 4 heteroatoms. The Hall–Kier alpha value is -3.53. The van der Waals surface area contributed by atoms with Crippen LogP contribution in [0.5, 0.6) is 0 Å². The lowest BCUT2D eigenvalue weighted by Crippen LogP contribution is -2.18. The Morgan fingerprint density at radius 1 is 1.05 bits per heavy atom. The molecule has 0 spiro atoms. The molecule has 0 aromatic carbocycles. The summed E-state index contributed by atoms with van der Waals surface area (Å²) >= 11 is 0. The number of aliphatic hydroxyl groups excluding tert-OH is 1. The molecular formula is C35H40N2O2. The van der Waals surface area contributed by atoms with Crippen LogP contribution in [0.1, 0.15) is 94.4 Å². The van der Waals surface area contributed by atoms with Crippen LogP contribution in [0.25, 0.3) is 16.8 Å². The number of pyridine rings is 2. The van der Waals surface area contributed by atoms with Gasteiger partial charge in [-0.25, -0.2) is 0 Å². The lowest BCUT2D eigenvalue weighted by atomic mass is 9.80. The largest absolute Gasteiger partial charge is 0.512 e. The van der Waals surface area contributed by atoms with E-state index in [2.05, 4.69) is 54.7 Å². The fourth-order valence-electron chi connectivity index (χ4n) is 6.07. The Labute approximate surface area is 232 Å². The molecule has 1 unspecified atom stereocenters. The van der Waals surface area contributed by atoms with Crippen LogP contribution in [-0.4, -0.2) is 20.9 Å². The second-order valence-corrected chi connectivity index (χ2v) is 11.1. The number of ketones is 1. The molecule has 0 radical (unpaired) electrons. The molecule has 4 nitrogen and oxygen atoms in total. The fourth-order valence-corrected chi connectivity index (χ4v) is 6.07. The highest BCUT2D eigenvalue weighted by Crippen LogP contribution is 2.36. The Bertz CT molecular complexity index is 1360.